The number of amides is 3. The predicted molar refractivity (Wildman–Crippen MR) is 81.5 cm³/mol. The van der Waals surface area contributed by atoms with Crippen LogP contribution in [0.2, 0.25) is 0 Å². The van der Waals surface area contributed by atoms with E-state index in [0.29, 0.717) is 19.6 Å². The molecule has 2 rings (SSSR count). The molecule has 1 aromatic rings. The van der Waals surface area contributed by atoms with Crippen LogP contribution in [0.15, 0.2) is 30.3 Å². The SMILES string of the molecule is CC(C)C(=O)N1CCN(C(=O)C(N)=O)C(c2ccccc2)C1. The first kappa shape index (κ1) is 16.0. The molecule has 1 unspecified atom stereocenters. The fourth-order valence-corrected chi connectivity index (χ4v) is 2.69. The summed E-state index contributed by atoms with van der Waals surface area (Å²) in [7, 11) is 0. The van der Waals surface area contributed by atoms with Gasteiger partial charge in [-0.3, -0.25) is 14.4 Å². The van der Waals surface area contributed by atoms with Crippen molar-refractivity contribution < 1.29 is 14.4 Å². The van der Waals surface area contributed by atoms with E-state index in [1.165, 1.54) is 4.90 Å². The molecule has 22 heavy (non-hydrogen) atoms. The summed E-state index contributed by atoms with van der Waals surface area (Å²) >= 11 is 0. The molecule has 0 spiro atoms. The Labute approximate surface area is 129 Å². The quantitative estimate of drug-likeness (QED) is 0.809. The van der Waals surface area contributed by atoms with Crippen molar-refractivity contribution in [3.8, 4) is 0 Å². The number of rotatable bonds is 2. The van der Waals surface area contributed by atoms with Crippen molar-refractivity contribution in [3.63, 3.8) is 0 Å². The van der Waals surface area contributed by atoms with Gasteiger partial charge < -0.3 is 15.5 Å². The maximum absolute atomic E-state index is 12.2. The molecule has 1 fully saturated rings. The zero-order valence-corrected chi connectivity index (χ0v) is 12.9. The first-order valence-corrected chi connectivity index (χ1v) is 7.36. The lowest BCUT2D eigenvalue weighted by molar-refractivity contribution is -0.150. The molecule has 0 aromatic heterocycles. The van der Waals surface area contributed by atoms with Crippen LogP contribution in [0.4, 0.5) is 0 Å². The second-order valence-electron chi connectivity index (χ2n) is 5.73. The van der Waals surface area contributed by atoms with E-state index in [9.17, 15) is 14.4 Å². The van der Waals surface area contributed by atoms with Crippen LogP contribution >= 0.6 is 0 Å². The first-order valence-electron chi connectivity index (χ1n) is 7.36. The van der Waals surface area contributed by atoms with Gasteiger partial charge in [-0.2, -0.15) is 0 Å². The van der Waals surface area contributed by atoms with E-state index in [-0.39, 0.29) is 17.9 Å². The second-order valence-corrected chi connectivity index (χ2v) is 5.73. The number of benzene rings is 1. The zero-order chi connectivity index (χ0) is 16.3. The third-order valence-corrected chi connectivity index (χ3v) is 3.84. The van der Waals surface area contributed by atoms with E-state index in [4.69, 9.17) is 5.73 Å². The highest BCUT2D eigenvalue weighted by Gasteiger charge is 2.35. The Morgan fingerprint density at radius 3 is 2.32 bits per heavy atom. The van der Waals surface area contributed by atoms with Crippen molar-refractivity contribution in [2.75, 3.05) is 19.6 Å². The van der Waals surface area contributed by atoms with E-state index in [1.54, 1.807) is 4.90 Å². The number of hydrogen-bond acceptors (Lipinski definition) is 3. The molecule has 6 heteroatoms. The Morgan fingerprint density at radius 1 is 1.14 bits per heavy atom. The highest BCUT2D eigenvalue weighted by molar-refractivity contribution is 6.34. The van der Waals surface area contributed by atoms with Crippen LogP contribution in [0.25, 0.3) is 0 Å². The van der Waals surface area contributed by atoms with Crippen LogP contribution in [0.5, 0.6) is 0 Å². The van der Waals surface area contributed by atoms with Crippen molar-refractivity contribution >= 4 is 17.7 Å². The van der Waals surface area contributed by atoms with Crippen molar-refractivity contribution in [2.24, 2.45) is 11.7 Å². The van der Waals surface area contributed by atoms with Crippen LogP contribution in [0, 0.1) is 5.92 Å². The molecule has 1 aromatic carbocycles. The number of nitrogens with two attached hydrogens (primary N) is 1. The summed E-state index contributed by atoms with van der Waals surface area (Å²) in [5.74, 6) is -1.73. The summed E-state index contributed by atoms with van der Waals surface area (Å²) < 4.78 is 0. The summed E-state index contributed by atoms with van der Waals surface area (Å²) in [5, 5.41) is 0. The average molecular weight is 303 g/mol. The van der Waals surface area contributed by atoms with E-state index in [0.717, 1.165) is 5.56 Å². The summed E-state index contributed by atoms with van der Waals surface area (Å²) in [4.78, 5) is 38.7. The van der Waals surface area contributed by atoms with Crippen molar-refractivity contribution in [1.29, 1.82) is 0 Å². The van der Waals surface area contributed by atoms with Crippen LogP contribution in [0.3, 0.4) is 0 Å². The number of nitrogens with zero attached hydrogens (tertiary/aromatic N) is 2. The number of carbonyl (C=O) groups excluding carboxylic acids is 3. The van der Waals surface area contributed by atoms with Crippen LogP contribution < -0.4 is 5.73 Å². The molecule has 0 aliphatic carbocycles. The smallest absolute Gasteiger partial charge is 0.312 e. The number of carbonyl (C=O) groups is 3. The molecule has 0 radical (unpaired) electrons. The van der Waals surface area contributed by atoms with E-state index in [2.05, 4.69) is 0 Å². The van der Waals surface area contributed by atoms with Gasteiger partial charge in [0.05, 0.1) is 6.04 Å². The number of hydrogen-bond donors (Lipinski definition) is 1. The standard InChI is InChI=1S/C16H21N3O3/c1-11(2)15(21)18-8-9-19(16(22)14(17)20)13(10-18)12-6-4-3-5-7-12/h3-7,11,13H,8-10H2,1-2H3,(H2,17,20). The summed E-state index contributed by atoms with van der Waals surface area (Å²) in [6.07, 6.45) is 0. The van der Waals surface area contributed by atoms with Crippen LogP contribution in [-0.4, -0.2) is 47.2 Å². The minimum atomic E-state index is -0.968. The number of piperazine rings is 1. The molecule has 0 saturated carbocycles. The van der Waals surface area contributed by atoms with Gasteiger partial charge in [0, 0.05) is 25.6 Å². The minimum Gasteiger partial charge on any atom is -0.361 e. The molecule has 1 heterocycles. The van der Waals surface area contributed by atoms with E-state index >= 15 is 0 Å². The van der Waals surface area contributed by atoms with Crippen LogP contribution in [0.1, 0.15) is 25.5 Å². The Bertz CT molecular complexity index is 571. The average Bonchev–Trinajstić information content (AvgIpc) is 2.53. The Hall–Kier alpha value is -2.37. The fraction of sp³-hybridized carbons (Fsp3) is 0.438. The van der Waals surface area contributed by atoms with Gasteiger partial charge in [0.2, 0.25) is 5.91 Å². The molecule has 1 aliphatic rings. The van der Waals surface area contributed by atoms with Gasteiger partial charge in [-0.05, 0) is 5.56 Å². The summed E-state index contributed by atoms with van der Waals surface area (Å²) in [6.45, 7) is 4.79. The van der Waals surface area contributed by atoms with E-state index in [1.807, 2.05) is 44.2 Å². The predicted octanol–water partition coefficient (Wildman–Crippen LogP) is 0.540. The lowest BCUT2D eigenvalue weighted by Gasteiger charge is -2.41. The lowest BCUT2D eigenvalue weighted by atomic mass is 10.0. The third-order valence-electron chi connectivity index (χ3n) is 3.84. The molecule has 1 saturated heterocycles. The highest BCUT2D eigenvalue weighted by Crippen LogP contribution is 2.26. The lowest BCUT2D eigenvalue weighted by Crippen LogP contribution is -2.55. The molecular formula is C16H21N3O3. The molecule has 1 atom stereocenters. The summed E-state index contributed by atoms with van der Waals surface area (Å²) in [5.41, 5.74) is 6.03. The normalized spacial score (nSPS) is 18.4. The molecule has 1 aliphatic heterocycles. The fourth-order valence-electron chi connectivity index (χ4n) is 2.69. The van der Waals surface area contributed by atoms with Gasteiger partial charge in [-0.1, -0.05) is 44.2 Å². The topological polar surface area (TPSA) is 83.7 Å². The van der Waals surface area contributed by atoms with Gasteiger partial charge in [-0.15, -0.1) is 0 Å². The maximum atomic E-state index is 12.2. The molecule has 118 valence electrons. The molecule has 2 N–H and O–H groups in total. The first-order chi connectivity index (χ1) is 10.4. The van der Waals surface area contributed by atoms with Gasteiger partial charge in [0.25, 0.3) is 0 Å². The van der Waals surface area contributed by atoms with Gasteiger partial charge in [0.1, 0.15) is 0 Å². The monoisotopic (exact) mass is 303 g/mol. The van der Waals surface area contributed by atoms with Crippen molar-refractivity contribution in [1.82, 2.24) is 9.80 Å². The molecular weight excluding hydrogens is 282 g/mol. The van der Waals surface area contributed by atoms with Crippen molar-refractivity contribution in [3.05, 3.63) is 35.9 Å². The van der Waals surface area contributed by atoms with Crippen LogP contribution in [-0.2, 0) is 14.4 Å². The zero-order valence-electron chi connectivity index (χ0n) is 12.9. The van der Waals surface area contributed by atoms with E-state index < -0.39 is 11.8 Å². The number of primary amides is 1. The highest BCUT2D eigenvalue weighted by atomic mass is 16.2. The largest absolute Gasteiger partial charge is 0.361 e. The second kappa shape index (κ2) is 6.60. The van der Waals surface area contributed by atoms with Gasteiger partial charge in [0.15, 0.2) is 0 Å². The van der Waals surface area contributed by atoms with Gasteiger partial charge >= 0.3 is 11.8 Å². The Balaban J connectivity index is 2.28. The summed E-state index contributed by atoms with van der Waals surface area (Å²) in [6, 6.07) is 9.03. The Kier molecular flexibility index (Phi) is 4.80. The maximum Gasteiger partial charge on any atom is 0.312 e. The minimum absolute atomic E-state index is 0.0482. The molecule has 3 amide bonds. The van der Waals surface area contributed by atoms with Crippen molar-refractivity contribution in [2.45, 2.75) is 19.9 Å². The molecule has 6 nitrogen and oxygen atoms in total. The third kappa shape index (κ3) is 3.27. The Morgan fingerprint density at radius 2 is 1.77 bits per heavy atom. The molecule has 0 bridgehead atoms. The van der Waals surface area contributed by atoms with Gasteiger partial charge in [-0.25, -0.2) is 0 Å².